The van der Waals surface area contributed by atoms with Gasteiger partial charge in [-0.15, -0.1) is 0 Å². The van der Waals surface area contributed by atoms with Crippen molar-refractivity contribution in [2.45, 2.75) is 57.0 Å². The molecular formula is C17H27N7O7. The van der Waals surface area contributed by atoms with Crippen LogP contribution in [0, 0.1) is 0 Å². The van der Waals surface area contributed by atoms with E-state index >= 15 is 0 Å². The lowest BCUT2D eigenvalue weighted by Gasteiger charge is -2.25. The molecule has 0 spiro atoms. The smallest absolute Gasteiger partial charge is 0.328 e. The molecule has 0 aromatic carbocycles. The number of carboxylic acids is 1. The Kier molecular flexibility index (Phi) is 9.56. The lowest BCUT2D eigenvalue weighted by Crippen LogP contribution is -2.59. The average Bonchev–Trinajstić information content (AvgIpc) is 3.16. The number of rotatable bonds is 12. The minimum Gasteiger partial charge on any atom is -0.480 e. The molecule has 0 aliphatic rings. The van der Waals surface area contributed by atoms with E-state index in [1.807, 2.05) is 0 Å². The number of H-pyrrole nitrogens is 1. The van der Waals surface area contributed by atoms with Gasteiger partial charge in [0.05, 0.1) is 24.9 Å². The first-order valence-electron chi connectivity index (χ1n) is 9.25. The van der Waals surface area contributed by atoms with Crippen LogP contribution in [0.15, 0.2) is 12.5 Å². The first kappa shape index (κ1) is 25.5. The van der Waals surface area contributed by atoms with Gasteiger partial charge in [0.2, 0.25) is 23.6 Å². The fraction of sp³-hybridized carbons (Fsp3) is 0.529. The lowest BCUT2D eigenvalue weighted by atomic mass is 10.1. The zero-order valence-electron chi connectivity index (χ0n) is 17.0. The maximum Gasteiger partial charge on any atom is 0.328 e. The van der Waals surface area contributed by atoms with Gasteiger partial charge in [0.1, 0.15) is 12.1 Å². The summed E-state index contributed by atoms with van der Waals surface area (Å²) in [7, 11) is 0. The van der Waals surface area contributed by atoms with Gasteiger partial charge in [0.15, 0.2) is 6.04 Å². The number of imidazole rings is 1. The van der Waals surface area contributed by atoms with E-state index < -0.39 is 66.3 Å². The number of aliphatic hydroxyl groups excluding tert-OH is 1. The largest absolute Gasteiger partial charge is 0.480 e. The van der Waals surface area contributed by atoms with E-state index in [0.29, 0.717) is 5.69 Å². The number of hydrogen-bond acceptors (Lipinski definition) is 8. The van der Waals surface area contributed by atoms with E-state index in [9.17, 15) is 29.1 Å². The van der Waals surface area contributed by atoms with Crippen LogP contribution in [0.2, 0.25) is 0 Å². The van der Waals surface area contributed by atoms with Crippen LogP contribution in [-0.4, -0.2) is 80.1 Å². The van der Waals surface area contributed by atoms with Crippen molar-refractivity contribution in [1.82, 2.24) is 25.9 Å². The standard InChI is InChI=1S/C17H27N7O7/c1-7(18)14(27)22-11(4-12(19)26)15(28)23-10(3-9-5-20-6-21-9)16(29)24-13(8(2)25)17(30)31/h5-8,10-11,13,25H,3-4,18H2,1-2H3,(H2,19,26)(H,20,21)(H,22,27)(H,23,28)(H,24,29)(H,30,31). The van der Waals surface area contributed by atoms with Gasteiger partial charge in [0.25, 0.3) is 0 Å². The monoisotopic (exact) mass is 441 g/mol. The van der Waals surface area contributed by atoms with Crippen molar-refractivity contribution >= 4 is 29.6 Å². The molecule has 14 nitrogen and oxygen atoms in total. The summed E-state index contributed by atoms with van der Waals surface area (Å²) in [4.78, 5) is 66.3. The van der Waals surface area contributed by atoms with Crippen LogP contribution in [0.5, 0.6) is 0 Å². The van der Waals surface area contributed by atoms with Crippen LogP contribution in [0.1, 0.15) is 26.0 Å². The molecule has 10 N–H and O–H groups in total. The van der Waals surface area contributed by atoms with Crippen molar-refractivity contribution in [3.8, 4) is 0 Å². The SMILES string of the molecule is CC(N)C(=O)NC(CC(N)=O)C(=O)NC(Cc1cnc[nH]1)C(=O)NC(C(=O)O)C(C)O. The second kappa shape index (κ2) is 11.6. The number of carboxylic acid groups (broad SMARTS) is 1. The molecule has 0 aliphatic carbocycles. The van der Waals surface area contributed by atoms with Crippen LogP contribution in [0.3, 0.4) is 0 Å². The Morgan fingerprint density at radius 2 is 1.65 bits per heavy atom. The van der Waals surface area contributed by atoms with Crippen LogP contribution >= 0.6 is 0 Å². The molecule has 1 aromatic heterocycles. The Bertz CT molecular complexity index is 795. The van der Waals surface area contributed by atoms with E-state index in [0.717, 1.165) is 0 Å². The minimum atomic E-state index is -1.63. The third-order valence-corrected chi connectivity index (χ3v) is 4.11. The molecule has 1 rings (SSSR count). The van der Waals surface area contributed by atoms with Gasteiger partial charge in [-0.3, -0.25) is 19.2 Å². The van der Waals surface area contributed by atoms with E-state index in [-0.39, 0.29) is 6.42 Å². The third kappa shape index (κ3) is 8.39. The van der Waals surface area contributed by atoms with Gasteiger partial charge >= 0.3 is 5.97 Å². The van der Waals surface area contributed by atoms with Crippen molar-refractivity contribution in [2.75, 3.05) is 0 Å². The molecule has 0 bridgehead atoms. The predicted molar refractivity (Wildman–Crippen MR) is 105 cm³/mol. The van der Waals surface area contributed by atoms with Gasteiger partial charge in [-0.2, -0.15) is 0 Å². The molecule has 5 atom stereocenters. The Labute approximate surface area is 177 Å². The third-order valence-electron chi connectivity index (χ3n) is 4.11. The summed E-state index contributed by atoms with van der Waals surface area (Å²) in [5, 5.41) is 25.5. The van der Waals surface area contributed by atoms with Crippen LogP contribution in [0.4, 0.5) is 0 Å². The summed E-state index contributed by atoms with van der Waals surface area (Å²) < 4.78 is 0. The molecule has 0 radical (unpaired) electrons. The van der Waals surface area contributed by atoms with Crippen LogP contribution in [-0.2, 0) is 30.4 Å². The quantitative estimate of drug-likeness (QED) is 0.158. The van der Waals surface area contributed by atoms with Crippen molar-refractivity contribution < 1.29 is 34.2 Å². The Hall–Kier alpha value is -3.52. The van der Waals surface area contributed by atoms with E-state index in [2.05, 4.69) is 25.9 Å². The zero-order valence-corrected chi connectivity index (χ0v) is 17.0. The second-order valence-corrected chi connectivity index (χ2v) is 6.93. The highest BCUT2D eigenvalue weighted by Crippen LogP contribution is 2.03. The molecule has 1 aromatic rings. The highest BCUT2D eigenvalue weighted by molar-refractivity contribution is 5.96. The van der Waals surface area contributed by atoms with Gasteiger partial charge in [-0.25, -0.2) is 9.78 Å². The maximum absolute atomic E-state index is 12.7. The molecule has 0 aliphatic heterocycles. The molecular weight excluding hydrogens is 414 g/mol. The van der Waals surface area contributed by atoms with E-state index in [4.69, 9.17) is 16.6 Å². The number of carbonyl (C=O) groups excluding carboxylic acids is 4. The molecule has 31 heavy (non-hydrogen) atoms. The van der Waals surface area contributed by atoms with Crippen molar-refractivity contribution in [3.63, 3.8) is 0 Å². The zero-order chi connectivity index (χ0) is 23.7. The number of nitrogens with zero attached hydrogens (tertiary/aromatic N) is 1. The van der Waals surface area contributed by atoms with Gasteiger partial charge in [0, 0.05) is 18.3 Å². The summed E-state index contributed by atoms with van der Waals surface area (Å²) in [6.45, 7) is 2.54. The van der Waals surface area contributed by atoms with E-state index in [1.165, 1.54) is 26.4 Å². The molecule has 1 heterocycles. The second-order valence-electron chi connectivity index (χ2n) is 6.93. The summed E-state index contributed by atoms with van der Waals surface area (Å²) in [5.74, 6) is -4.94. The molecule has 5 unspecified atom stereocenters. The average molecular weight is 441 g/mol. The highest BCUT2D eigenvalue weighted by Gasteiger charge is 2.32. The first-order valence-corrected chi connectivity index (χ1v) is 9.25. The lowest BCUT2D eigenvalue weighted by molar-refractivity contribution is -0.145. The number of primary amides is 1. The number of carbonyl (C=O) groups is 5. The fourth-order valence-electron chi connectivity index (χ4n) is 2.45. The predicted octanol–water partition coefficient (Wildman–Crippen LogP) is -3.91. The van der Waals surface area contributed by atoms with Gasteiger partial charge in [-0.05, 0) is 13.8 Å². The molecule has 0 fully saturated rings. The Morgan fingerprint density at radius 1 is 1.06 bits per heavy atom. The van der Waals surface area contributed by atoms with Crippen molar-refractivity contribution in [1.29, 1.82) is 0 Å². The van der Waals surface area contributed by atoms with E-state index in [1.54, 1.807) is 0 Å². The molecule has 0 saturated heterocycles. The van der Waals surface area contributed by atoms with Gasteiger partial charge < -0.3 is 42.6 Å². The number of hydrogen-bond donors (Lipinski definition) is 8. The summed E-state index contributed by atoms with van der Waals surface area (Å²) in [5.41, 5.74) is 11.0. The number of aromatic nitrogens is 2. The van der Waals surface area contributed by atoms with Crippen molar-refractivity contribution in [3.05, 3.63) is 18.2 Å². The Balaban J connectivity index is 3.06. The first-order chi connectivity index (χ1) is 14.4. The van der Waals surface area contributed by atoms with Crippen LogP contribution in [0.25, 0.3) is 0 Å². The highest BCUT2D eigenvalue weighted by atomic mass is 16.4. The van der Waals surface area contributed by atoms with Crippen LogP contribution < -0.4 is 27.4 Å². The molecule has 14 heteroatoms. The van der Waals surface area contributed by atoms with Gasteiger partial charge in [-0.1, -0.05) is 0 Å². The number of amides is 4. The normalized spacial score (nSPS) is 15.6. The Morgan fingerprint density at radius 3 is 2.10 bits per heavy atom. The summed E-state index contributed by atoms with van der Waals surface area (Å²) >= 11 is 0. The topological polar surface area (TPSA) is 243 Å². The number of nitrogens with two attached hydrogens (primary N) is 2. The summed E-state index contributed by atoms with van der Waals surface area (Å²) in [6, 6.07) is -5.36. The number of aliphatic carboxylic acids is 1. The summed E-state index contributed by atoms with van der Waals surface area (Å²) in [6.07, 6.45) is 0.607. The van der Waals surface area contributed by atoms with Crippen molar-refractivity contribution in [2.24, 2.45) is 11.5 Å². The number of aromatic amines is 1. The minimum absolute atomic E-state index is 0.131. The fourth-order valence-corrected chi connectivity index (χ4v) is 2.45. The molecule has 0 saturated carbocycles. The molecule has 172 valence electrons. The number of aliphatic hydroxyl groups is 1. The molecule has 4 amide bonds. The number of nitrogens with one attached hydrogen (secondary N) is 4. The maximum atomic E-state index is 12.7.